The molecule has 15 heavy (non-hydrogen) atoms. The fourth-order valence-electron chi connectivity index (χ4n) is 2.02. The number of amides is 1. The summed E-state index contributed by atoms with van der Waals surface area (Å²) in [7, 11) is 0. The molecule has 1 aliphatic rings. The van der Waals surface area contributed by atoms with Crippen molar-refractivity contribution in [1.29, 1.82) is 0 Å². The van der Waals surface area contributed by atoms with Gasteiger partial charge in [-0.2, -0.15) is 0 Å². The van der Waals surface area contributed by atoms with Gasteiger partial charge in [0.1, 0.15) is 0 Å². The van der Waals surface area contributed by atoms with Crippen molar-refractivity contribution in [3.8, 4) is 0 Å². The molecule has 0 aromatic carbocycles. The highest BCUT2D eigenvalue weighted by molar-refractivity contribution is 5.89. The molecule has 0 aromatic heterocycles. The van der Waals surface area contributed by atoms with E-state index in [2.05, 4.69) is 0 Å². The maximum absolute atomic E-state index is 11.3. The molecular weight excluding hydrogens is 194 g/mol. The Morgan fingerprint density at radius 2 is 1.93 bits per heavy atom. The zero-order valence-electron chi connectivity index (χ0n) is 9.25. The molecule has 0 atom stereocenters. The second-order valence-corrected chi connectivity index (χ2v) is 3.70. The summed E-state index contributed by atoms with van der Waals surface area (Å²) < 4.78 is 0. The van der Waals surface area contributed by atoms with Crippen LogP contribution >= 0.6 is 0 Å². The van der Waals surface area contributed by atoms with Crippen LogP contribution in [0.2, 0.25) is 0 Å². The summed E-state index contributed by atoms with van der Waals surface area (Å²) in [5.74, 6) is -0.961. The molecule has 0 radical (unpaired) electrons. The van der Waals surface area contributed by atoms with Crippen LogP contribution in [0, 0.1) is 0 Å². The predicted octanol–water partition coefficient (Wildman–Crippen LogP) is 1.77. The van der Waals surface area contributed by atoms with Gasteiger partial charge in [0.05, 0.1) is 5.57 Å². The van der Waals surface area contributed by atoms with Crippen LogP contribution in [0.1, 0.15) is 39.5 Å². The van der Waals surface area contributed by atoms with Crippen molar-refractivity contribution in [2.75, 3.05) is 6.54 Å². The summed E-state index contributed by atoms with van der Waals surface area (Å²) in [5.41, 5.74) is 1.13. The van der Waals surface area contributed by atoms with Crippen molar-refractivity contribution in [3.05, 3.63) is 11.3 Å². The Kier molecular flexibility index (Phi) is 3.88. The molecule has 4 nitrogen and oxygen atoms in total. The van der Waals surface area contributed by atoms with Crippen LogP contribution in [0.3, 0.4) is 0 Å². The third kappa shape index (κ3) is 2.58. The lowest BCUT2D eigenvalue weighted by Crippen LogP contribution is -2.31. The average Bonchev–Trinajstić information content (AvgIpc) is 2.18. The van der Waals surface area contributed by atoms with Gasteiger partial charge < -0.3 is 10.0 Å². The van der Waals surface area contributed by atoms with Gasteiger partial charge in [0.2, 0.25) is 5.91 Å². The highest BCUT2D eigenvalue weighted by atomic mass is 16.4. The van der Waals surface area contributed by atoms with E-state index < -0.39 is 5.97 Å². The van der Waals surface area contributed by atoms with E-state index in [4.69, 9.17) is 5.11 Å². The van der Waals surface area contributed by atoms with Gasteiger partial charge in [-0.3, -0.25) is 4.79 Å². The van der Waals surface area contributed by atoms with Crippen LogP contribution in [0.15, 0.2) is 11.3 Å². The molecule has 0 aliphatic heterocycles. The third-order valence-electron chi connectivity index (χ3n) is 2.72. The number of aliphatic carboxylic acids is 1. The first-order valence-corrected chi connectivity index (χ1v) is 5.31. The number of hydrogen-bond acceptors (Lipinski definition) is 2. The number of rotatable bonds is 3. The highest BCUT2D eigenvalue weighted by Gasteiger charge is 2.23. The van der Waals surface area contributed by atoms with Crippen LogP contribution in [0.5, 0.6) is 0 Å². The number of carboxylic acid groups (broad SMARTS) is 1. The van der Waals surface area contributed by atoms with Crippen molar-refractivity contribution < 1.29 is 14.7 Å². The van der Waals surface area contributed by atoms with Crippen LogP contribution < -0.4 is 0 Å². The van der Waals surface area contributed by atoms with Crippen molar-refractivity contribution in [1.82, 2.24) is 4.90 Å². The Labute approximate surface area is 89.6 Å². The van der Waals surface area contributed by atoms with Gasteiger partial charge in [-0.1, -0.05) is 0 Å². The van der Waals surface area contributed by atoms with Gasteiger partial charge in [-0.05, 0) is 32.6 Å². The summed E-state index contributed by atoms with van der Waals surface area (Å²) in [6, 6.07) is 0. The number of carbonyl (C=O) groups is 2. The second-order valence-electron chi connectivity index (χ2n) is 3.70. The van der Waals surface area contributed by atoms with Gasteiger partial charge in [0, 0.05) is 19.2 Å². The number of allylic oxidation sites excluding steroid dienone is 1. The first kappa shape index (κ1) is 11.8. The van der Waals surface area contributed by atoms with Crippen molar-refractivity contribution in [2.45, 2.75) is 39.5 Å². The Bertz CT molecular complexity index is 307. The van der Waals surface area contributed by atoms with Gasteiger partial charge in [0.25, 0.3) is 0 Å². The van der Waals surface area contributed by atoms with E-state index in [0.29, 0.717) is 30.7 Å². The molecule has 1 rings (SSSR count). The topological polar surface area (TPSA) is 57.6 Å². The Morgan fingerprint density at radius 1 is 1.33 bits per heavy atom. The zero-order valence-corrected chi connectivity index (χ0v) is 9.25. The van der Waals surface area contributed by atoms with Crippen LogP contribution in [-0.2, 0) is 9.59 Å². The Morgan fingerprint density at radius 3 is 2.40 bits per heavy atom. The predicted molar refractivity (Wildman–Crippen MR) is 56.2 cm³/mol. The largest absolute Gasteiger partial charge is 0.478 e. The average molecular weight is 211 g/mol. The van der Waals surface area contributed by atoms with Gasteiger partial charge >= 0.3 is 5.97 Å². The molecule has 0 bridgehead atoms. The number of hydrogen-bond donors (Lipinski definition) is 1. The van der Waals surface area contributed by atoms with E-state index in [9.17, 15) is 9.59 Å². The monoisotopic (exact) mass is 211 g/mol. The molecule has 4 heteroatoms. The number of nitrogens with zero attached hydrogens (tertiary/aromatic N) is 1. The molecule has 0 spiro atoms. The summed E-state index contributed by atoms with van der Waals surface area (Å²) in [5, 5.41) is 9.04. The second kappa shape index (κ2) is 4.96. The van der Waals surface area contributed by atoms with E-state index in [0.717, 1.165) is 12.8 Å². The van der Waals surface area contributed by atoms with Crippen molar-refractivity contribution in [2.24, 2.45) is 0 Å². The first-order valence-electron chi connectivity index (χ1n) is 5.31. The van der Waals surface area contributed by atoms with E-state index in [1.165, 1.54) is 6.92 Å². The lowest BCUT2D eigenvalue weighted by Gasteiger charge is -2.27. The maximum Gasteiger partial charge on any atom is 0.333 e. The molecule has 0 saturated heterocycles. The van der Waals surface area contributed by atoms with Crippen LogP contribution in [0.4, 0.5) is 0 Å². The van der Waals surface area contributed by atoms with Crippen LogP contribution in [-0.4, -0.2) is 28.4 Å². The van der Waals surface area contributed by atoms with Crippen LogP contribution in [0.25, 0.3) is 0 Å². The Balaban J connectivity index is 3.04. The van der Waals surface area contributed by atoms with E-state index in [-0.39, 0.29) is 5.91 Å². The minimum Gasteiger partial charge on any atom is -0.478 e. The normalized spacial score (nSPS) is 16.4. The molecule has 84 valence electrons. The summed E-state index contributed by atoms with van der Waals surface area (Å²) >= 11 is 0. The standard InChI is InChI=1S/C11H17NO3/c1-3-12(8(2)13)10-7-5-4-6-9(10)11(14)15/h3-7H2,1-2H3,(H,14,15). The molecule has 0 aromatic rings. The smallest absolute Gasteiger partial charge is 0.333 e. The molecule has 0 saturated carbocycles. The highest BCUT2D eigenvalue weighted by Crippen LogP contribution is 2.27. The van der Waals surface area contributed by atoms with E-state index in [1.807, 2.05) is 6.92 Å². The van der Waals surface area contributed by atoms with Gasteiger partial charge in [-0.15, -0.1) is 0 Å². The summed E-state index contributed by atoms with van der Waals surface area (Å²) in [6.07, 6.45) is 3.15. The minimum atomic E-state index is -0.885. The molecular formula is C11H17NO3. The molecule has 1 N–H and O–H groups in total. The lowest BCUT2D eigenvalue weighted by atomic mass is 9.95. The van der Waals surface area contributed by atoms with Crippen molar-refractivity contribution in [3.63, 3.8) is 0 Å². The first-order chi connectivity index (χ1) is 7.07. The molecule has 1 aliphatic carbocycles. The molecule has 1 amide bonds. The molecule has 0 fully saturated rings. The van der Waals surface area contributed by atoms with Crippen molar-refractivity contribution >= 4 is 11.9 Å². The summed E-state index contributed by atoms with van der Waals surface area (Å²) in [4.78, 5) is 23.9. The fraction of sp³-hybridized carbons (Fsp3) is 0.636. The van der Waals surface area contributed by atoms with Gasteiger partial charge in [-0.25, -0.2) is 4.79 Å². The lowest BCUT2D eigenvalue weighted by molar-refractivity contribution is -0.133. The number of carboxylic acids is 1. The molecule has 0 unspecified atom stereocenters. The third-order valence-corrected chi connectivity index (χ3v) is 2.72. The Hall–Kier alpha value is -1.32. The zero-order chi connectivity index (χ0) is 11.4. The minimum absolute atomic E-state index is 0.0758. The van der Waals surface area contributed by atoms with E-state index >= 15 is 0 Å². The fourth-order valence-corrected chi connectivity index (χ4v) is 2.02. The van der Waals surface area contributed by atoms with E-state index in [1.54, 1.807) is 4.90 Å². The molecule has 0 heterocycles. The summed E-state index contributed by atoms with van der Waals surface area (Å²) in [6.45, 7) is 3.88. The van der Waals surface area contributed by atoms with Gasteiger partial charge in [0.15, 0.2) is 0 Å². The SMILES string of the molecule is CCN(C(C)=O)C1=C(C(=O)O)CCCC1. The maximum atomic E-state index is 11.3. The number of carbonyl (C=O) groups excluding carboxylic acids is 1. The quantitative estimate of drug-likeness (QED) is 0.774.